The Labute approximate surface area is 196 Å². The van der Waals surface area contributed by atoms with Crippen molar-refractivity contribution in [2.75, 3.05) is 20.7 Å². The minimum atomic E-state index is -1.02. The van der Waals surface area contributed by atoms with Crippen LogP contribution < -0.4 is 10.6 Å². The Kier molecular flexibility index (Phi) is 10.3. The van der Waals surface area contributed by atoms with Crippen molar-refractivity contribution < 1.29 is 28.7 Å². The Balaban J connectivity index is 3.28. The van der Waals surface area contributed by atoms with Crippen LogP contribution in [0, 0.1) is 12.8 Å². The molecule has 0 aliphatic carbocycles. The van der Waals surface area contributed by atoms with Gasteiger partial charge >= 0.3 is 12.1 Å². The van der Waals surface area contributed by atoms with Gasteiger partial charge in [-0.1, -0.05) is 44.5 Å². The number of carbonyl (C=O) groups excluding carboxylic acids is 4. The van der Waals surface area contributed by atoms with E-state index in [1.807, 2.05) is 32.9 Å². The average molecular weight is 464 g/mol. The van der Waals surface area contributed by atoms with Crippen LogP contribution in [0.4, 0.5) is 4.79 Å². The lowest BCUT2D eigenvalue weighted by atomic mass is 9.95. The summed E-state index contributed by atoms with van der Waals surface area (Å²) in [5.41, 5.74) is 0.683. The number of nitrogens with one attached hydrogen (secondary N) is 2. The van der Waals surface area contributed by atoms with Crippen molar-refractivity contribution in [1.82, 2.24) is 15.5 Å². The molecule has 33 heavy (non-hydrogen) atoms. The van der Waals surface area contributed by atoms with Gasteiger partial charge in [-0.25, -0.2) is 4.79 Å². The van der Waals surface area contributed by atoms with E-state index >= 15 is 0 Å². The molecule has 184 valence electrons. The highest BCUT2D eigenvalue weighted by atomic mass is 16.6. The Hall–Kier alpha value is -3.10. The fraction of sp³-hybridized carbons (Fsp3) is 0.583. The molecule has 0 saturated heterocycles. The summed E-state index contributed by atoms with van der Waals surface area (Å²) in [6, 6.07) is 5.26. The SMILES string of the molecule is CCC(C)C(NC(=O)OC(C)(C)C)C(=O)N(C)C(C(=O)NCC(=O)OC)c1ccccc1C. The van der Waals surface area contributed by atoms with Crippen LogP contribution in [0.2, 0.25) is 0 Å². The minimum absolute atomic E-state index is 0.219. The maximum absolute atomic E-state index is 13.6. The van der Waals surface area contributed by atoms with E-state index < -0.39 is 41.6 Å². The summed E-state index contributed by atoms with van der Waals surface area (Å²) in [5, 5.41) is 5.20. The van der Waals surface area contributed by atoms with Crippen LogP contribution >= 0.6 is 0 Å². The third-order valence-electron chi connectivity index (χ3n) is 5.25. The Bertz CT molecular complexity index is 849. The third kappa shape index (κ3) is 8.40. The smallest absolute Gasteiger partial charge is 0.408 e. The summed E-state index contributed by atoms with van der Waals surface area (Å²) in [6.45, 7) is 10.5. The molecule has 1 aromatic rings. The second kappa shape index (κ2) is 12.2. The molecule has 3 amide bonds. The number of hydrogen-bond acceptors (Lipinski definition) is 6. The number of benzene rings is 1. The second-order valence-corrected chi connectivity index (χ2v) is 9.01. The monoisotopic (exact) mass is 463 g/mol. The predicted octanol–water partition coefficient (Wildman–Crippen LogP) is 2.72. The van der Waals surface area contributed by atoms with E-state index in [-0.39, 0.29) is 12.5 Å². The van der Waals surface area contributed by atoms with E-state index in [0.29, 0.717) is 12.0 Å². The van der Waals surface area contributed by atoms with Crippen molar-refractivity contribution in [3.8, 4) is 0 Å². The van der Waals surface area contributed by atoms with Crippen molar-refractivity contribution in [3.63, 3.8) is 0 Å². The van der Waals surface area contributed by atoms with E-state index in [1.54, 1.807) is 32.9 Å². The first-order chi connectivity index (χ1) is 15.3. The number of rotatable bonds is 9. The number of aryl methyl sites for hydroxylation is 1. The Morgan fingerprint density at radius 3 is 2.24 bits per heavy atom. The van der Waals surface area contributed by atoms with Gasteiger partial charge < -0.3 is 25.0 Å². The van der Waals surface area contributed by atoms with Gasteiger partial charge in [-0.15, -0.1) is 0 Å². The Morgan fingerprint density at radius 2 is 1.73 bits per heavy atom. The van der Waals surface area contributed by atoms with Crippen molar-refractivity contribution in [2.45, 2.75) is 65.6 Å². The lowest BCUT2D eigenvalue weighted by Crippen LogP contribution is -2.54. The van der Waals surface area contributed by atoms with E-state index in [2.05, 4.69) is 15.4 Å². The summed E-state index contributed by atoms with van der Waals surface area (Å²) < 4.78 is 9.92. The molecule has 3 atom stereocenters. The minimum Gasteiger partial charge on any atom is -0.468 e. The van der Waals surface area contributed by atoms with Gasteiger partial charge in [-0.2, -0.15) is 0 Å². The van der Waals surface area contributed by atoms with Crippen molar-refractivity contribution in [2.24, 2.45) is 5.92 Å². The van der Waals surface area contributed by atoms with E-state index in [4.69, 9.17) is 4.74 Å². The molecule has 9 nitrogen and oxygen atoms in total. The summed E-state index contributed by atoms with van der Waals surface area (Å²) in [4.78, 5) is 51.9. The van der Waals surface area contributed by atoms with Crippen molar-refractivity contribution >= 4 is 23.9 Å². The largest absolute Gasteiger partial charge is 0.468 e. The molecule has 2 N–H and O–H groups in total. The molecule has 3 unspecified atom stereocenters. The molecule has 0 saturated carbocycles. The fourth-order valence-electron chi connectivity index (χ4n) is 3.21. The number of methoxy groups -OCH3 is 1. The number of carbonyl (C=O) groups is 4. The number of alkyl carbamates (subject to hydrolysis) is 1. The van der Waals surface area contributed by atoms with E-state index in [9.17, 15) is 19.2 Å². The molecule has 0 aliphatic heterocycles. The van der Waals surface area contributed by atoms with E-state index in [0.717, 1.165) is 5.56 Å². The van der Waals surface area contributed by atoms with Gasteiger partial charge in [0.25, 0.3) is 0 Å². The molecular weight excluding hydrogens is 426 g/mol. The van der Waals surface area contributed by atoms with Crippen LogP contribution in [0.3, 0.4) is 0 Å². The van der Waals surface area contributed by atoms with Crippen molar-refractivity contribution in [1.29, 1.82) is 0 Å². The quantitative estimate of drug-likeness (QED) is 0.545. The molecule has 0 aliphatic rings. The van der Waals surface area contributed by atoms with Gasteiger partial charge in [0, 0.05) is 7.05 Å². The zero-order chi connectivity index (χ0) is 25.3. The lowest BCUT2D eigenvalue weighted by molar-refractivity contribution is -0.144. The number of amides is 3. The third-order valence-corrected chi connectivity index (χ3v) is 5.25. The van der Waals surface area contributed by atoms with Gasteiger partial charge in [0.1, 0.15) is 24.2 Å². The number of esters is 1. The van der Waals surface area contributed by atoms with Gasteiger partial charge in [-0.3, -0.25) is 14.4 Å². The highest BCUT2D eigenvalue weighted by Crippen LogP contribution is 2.25. The molecular formula is C24H37N3O6. The lowest BCUT2D eigenvalue weighted by Gasteiger charge is -2.34. The topological polar surface area (TPSA) is 114 Å². The number of hydrogen-bond donors (Lipinski definition) is 2. The van der Waals surface area contributed by atoms with Crippen LogP contribution in [0.25, 0.3) is 0 Å². The van der Waals surface area contributed by atoms with Crippen LogP contribution in [0.1, 0.15) is 58.2 Å². The van der Waals surface area contributed by atoms with Gasteiger partial charge in [0.2, 0.25) is 11.8 Å². The highest BCUT2D eigenvalue weighted by molar-refractivity contribution is 5.93. The van der Waals surface area contributed by atoms with Crippen LogP contribution in [0.15, 0.2) is 24.3 Å². The summed E-state index contributed by atoms with van der Waals surface area (Å²) in [6.07, 6.45) is -0.0963. The molecule has 0 spiro atoms. The van der Waals surface area contributed by atoms with Gasteiger partial charge in [-0.05, 0) is 44.7 Å². The molecule has 0 aromatic heterocycles. The number of likely N-dealkylation sites (N-methyl/N-ethyl adjacent to an activating group) is 1. The predicted molar refractivity (Wildman–Crippen MR) is 124 cm³/mol. The van der Waals surface area contributed by atoms with Crippen LogP contribution in [-0.2, 0) is 23.9 Å². The molecule has 0 bridgehead atoms. The molecule has 0 heterocycles. The standard InChI is InChI=1S/C24H37N3O6/c1-9-15(2)19(26-23(31)33-24(4,5)6)22(30)27(7)20(17-13-11-10-12-16(17)3)21(29)25-14-18(28)32-8/h10-13,15,19-20H,9,14H2,1-8H3,(H,25,29)(H,26,31). The van der Waals surface area contributed by atoms with E-state index in [1.165, 1.54) is 19.1 Å². The number of nitrogens with zero attached hydrogens (tertiary/aromatic N) is 1. The molecule has 1 aromatic carbocycles. The molecule has 9 heteroatoms. The van der Waals surface area contributed by atoms with Gasteiger partial charge in [0.05, 0.1) is 7.11 Å². The summed E-state index contributed by atoms with van der Waals surface area (Å²) in [7, 11) is 2.73. The van der Waals surface area contributed by atoms with Crippen molar-refractivity contribution in [3.05, 3.63) is 35.4 Å². The van der Waals surface area contributed by atoms with Gasteiger partial charge in [0.15, 0.2) is 0 Å². The maximum Gasteiger partial charge on any atom is 0.408 e. The molecule has 0 radical (unpaired) electrons. The second-order valence-electron chi connectivity index (χ2n) is 9.01. The first kappa shape index (κ1) is 27.9. The van der Waals surface area contributed by atoms with Crippen LogP contribution in [-0.4, -0.2) is 61.1 Å². The van der Waals surface area contributed by atoms with Crippen LogP contribution in [0.5, 0.6) is 0 Å². The average Bonchev–Trinajstić information content (AvgIpc) is 2.74. The molecule has 0 fully saturated rings. The summed E-state index contributed by atoms with van der Waals surface area (Å²) >= 11 is 0. The fourth-order valence-corrected chi connectivity index (χ4v) is 3.21. The first-order valence-electron chi connectivity index (χ1n) is 11.0. The maximum atomic E-state index is 13.6. The zero-order valence-corrected chi connectivity index (χ0v) is 20.9. The zero-order valence-electron chi connectivity index (χ0n) is 20.9. The highest BCUT2D eigenvalue weighted by Gasteiger charge is 2.36. The number of ether oxygens (including phenoxy) is 2. The molecule has 1 rings (SSSR count). The summed E-state index contributed by atoms with van der Waals surface area (Å²) in [5.74, 6) is -1.81. The Morgan fingerprint density at radius 1 is 1.12 bits per heavy atom. The first-order valence-corrected chi connectivity index (χ1v) is 11.0. The normalized spacial score (nSPS) is 13.8.